The second-order valence-corrected chi connectivity index (χ2v) is 7.40. The van der Waals surface area contributed by atoms with Crippen molar-refractivity contribution < 1.29 is 49.0 Å². The number of halogens is 9. The molecule has 2 atom stereocenters. The SMILES string of the molecule is FC(F)(F)/C=C1\OC(c2cccs2)(C(F)(F)F)OC1(c1cccs1)C(F)(F)F. The Morgan fingerprint density at radius 2 is 1.32 bits per heavy atom. The lowest BCUT2D eigenvalue weighted by atomic mass is 9.98. The van der Waals surface area contributed by atoms with Crippen molar-refractivity contribution in [3.63, 3.8) is 0 Å². The zero-order valence-corrected chi connectivity index (χ0v) is 14.7. The molecule has 2 aromatic rings. The first-order valence-corrected chi connectivity index (χ1v) is 8.89. The maximum absolute atomic E-state index is 14.0. The molecule has 2 aromatic heterocycles. The Hall–Kier alpha value is -1.73. The van der Waals surface area contributed by atoms with Crippen molar-refractivity contribution in [2.45, 2.75) is 29.9 Å². The van der Waals surface area contributed by atoms with E-state index in [4.69, 9.17) is 0 Å². The molecule has 1 fully saturated rings. The standard InChI is InChI=1S/C15H7F9O2S2/c16-11(17,18)7-8-12(14(19,20)21,9-3-1-5-27-9)26-13(25-8,15(22,23)24)10-4-2-6-28-10/h1-7H/b8-7-. The van der Waals surface area contributed by atoms with Crippen LogP contribution >= 0.6 is 22.7 Å². The Kier molecular flexibility index (Phi) is 4.79. The highest BCUT2D eigenvalue weighted by Gasteiger charge is 2.78. The highest BCUT2D eigenvalue weighted by atomic mass is 32.1. The molecule has 3 heterocycles. The van der Waals surface area contributed by atoms with Crippen molar-refractivity contribution in [1.82, 2.24) is 0 Å². The predicted octanol–water partition coefficient (Wildman–Crippen LogP) is 6.48. The summed E-state index contributed by atoms with van der Waals surface area (Å²) in [4.78, 5) is -1.81. The number of allylic oxidation sites excluding steroid dienone is 1. The number of rotatable bonds is 2. The molecule has 0 N–H and O–H groups in total. The molecule has 0 aliphatic carbocycles. The van der Waals surface area contributed by atoms with Gasteiger partial charge in [0, 0.05) is 0 Å². The van der Waals surface area contributed by atoms with Crippen molar-refractivity contribution in [1.29, 1.82) is 0 Å². The third-order valence-corrected chi connectivity index (χ3v) is 5.60. The normalized spacial score (nSPS) is 28.0. The van der Waals surface area contributed by atoms with Crippen molar-refractivity contribution in [2.24, 2.45) is 0 Å². The third-order valence-electron chi connectivity index (χ3n) is 3.68. The Morgan fingerprint density at radius 1 is 0.786 bits per heavy atom. The van der Waals surface area contributed by atoms with Gasteiger partial charge >= 0.3 is 24.3 Å². The third kappa shape index (κ3) is 3.18. The number of ether oxygens (including phenoxy) is 2. The summed E-state index contributed by atoms with van der Waals surface area (Å²) >= 11 is 0.619. The molecule has 28 heavy (non-hydrogen) atoms. The topological polar surface area (TPSA) is 18.5 Å². The van der Waals surface area contributed by atoms with Crippen LogP contribution in [0.3, 0.4) is 0 Å². The van der Waals surface area contributed by atoms with Gasteiger partial charge in [-0.05, 0) is 22.9 Å². The molecule has 154 valence electrons. The molecule has 0 saturated carbocycles. The smallest absolute Gasteiger partial charge is 0.450 e. The highest BCUT2D eigenvalue weighted by Crippen LogP contribution is 2.63. The molecule has 1 aliphatic rings. The lowest BCUT2D eigenvalue weighted by Crippen LogP contribution is -2.49. The molecular weight excluding hydrogens is 447 g/mol. The molecular formula is C15H7F9O2S2. The fraction of sp³-hybridized carbons (Fsp3) is 0.333. The van der Waals surface area contributed by atoms with Crippen LogP contribution < -0.4 is 0 Å². The van der Waals surface area contributed by atoms with Crippen LogP contribution in [0.15, 0.2) is 46.9 Å². The fourth-order valence-corrected chi connectivity index (χ4v) is 4.30. The summed E-state index contributed by atoms with van der Waals surface area (Å²) in [6.07, 6.45) is -17.7. The van der Waals surface area contributed by atoms with Gasteiger partial charge in [-0.3, -0.25) is 4.74 Å². The van der Waals surface area contributed by atoms with Crippen molar-refractivity contribution in [3.05, 3.63) is 56.6 Å². The van der Waals surface area contributed by atoms with Gasteiger partial charge in [0.1, 0.15) is 0 Å². The molecule has 0 spiro atoms. The van der Waals surface area contributed by atoms with Crippen LogP contribution in [-0.2, 0) is 20.9 Å². The first-order valence-electron chi connectivity index (χ1n) is 7.14. The van der Waals surface area contributed by atoms with Crippen LogP contribution in [0.25, 0.3) is 0 Å². The Balaban J connectivity index is 2.36. The van der Waals surface area contributed by atoms with Gasteiger partial charge in [-0.2, -0.15) is 39.5 Å². The van der Waals surface area contributed by atoms with Crippen LogP contribution in [-0.4, -0.2) is 18.5 Å². The van der Waals surface area contributed by atoms with E-state index in [0.29, 0.717) is 11.3 Å². The van der Waals surface area contributed by atoms with E-state index in [1.807, 2.05) is 0 Å². The minimum atomic E-state index is -5.70. The minimum Gasteiger partial charge on any atom is -0.450 e. The zero-order chi connectivity index (χ0) is 21.0. The molecule has 0 aromatic carbocycles. The monoisotopic (exact) mass is 454 g/mol. The van der Waals surface area contributed by atoms with Crippen LogP contribution in [0.5, 0.6) is 0 Å². The van der Waals surface area contributed by atoms with E-state index < -0.39 is 51.5 Å². The quantitative estimate of drug-likeness (QED) is 0.484. The lowest BCUT2D eigenvalue weighted by Gasteiger charge is -2.32. The van der Waals surface area contributed by atoms with Gasteiger partial charge in [-0.15, -0.1) is 22.7 Å². The molecule has 3 rings (SSSR count). The van der Waals surface area contributed by atoms with Crippen molar-refractivity contribution in [2.75, 3.05) is 0 Å². The van der Waals surface area contributed by atoms with Crippen LogP contribution in [0.2, 0.25) is 0 Å². The van der Waals surface area contributed by atoms with Gasteiger partial charge in [-0.25, -0.2) is 0 Å². The van der Waals surface area contributed by atoms with E-state index in [1.54, 1.807) is 0 Å². The molecule has 2 unspecified atom stereocenters. The van der Waals surface area contributed by atoms with E-state index in [9.17, 15) is 39.5 Å². The Labute approximate surface area is 158 Å². The second-order valence-electron chi connectivity index (χ2n) is 5.50. The van der Waals surface area contributed by atoms with Crippen molar-refractivity contribution >= 4 is 22.7 Å². The lowest BCUT2D eigenvalue weighted by molar-refractivity contribution is -0.384. The number of thiophene rings is 2. The van der Waals surface area contributed by atoms with E-state index in [2.05, 4.69) is 9.47 Å². The van der Waals surface area contributed by atoms with E-state index in [1.165, 1.54) is 0 Å². The fourth-order valence-electron chi connectivity index (χ4n) is 2.60. The first-order chi connectivity index (χ1) is 12.7. The molecule has 1 aliphatic heterocycles. The summed E-state index contributed by atoms with van der Waals surface area (Å²) < 4.78 is 131. The molecule has 1 saturated heterocycles. The summed E-state index contributed by atoms with van der Waals surface area (Å²) in [5, 5.41) is 2.16. The van der Waals surface area contributed by atoms with Gasteiger partial charge in [0.15, 0.2) is 5.76 Å². The number of hydrogen-bond acceptors (Lipinski definition) is 4. The summed E-state index contributed by atoms with van der Waals surface area (Å²) in [5.74, 6) is -6.10. The first kappa shape index (κ1) is 21.0. The largest absolute Gasteiger partial charge is 0.461 e. The van der Waals surface area contributed by atoms with Crippen molar-refractivity contribution in [3.8, 4) is 0 Å². The molecule has 0 radical (unpaired) electrons. The summed E-state index contributed by atoms with van der Waals surface area (Å²) in [5.41, 5.74) is -4.09. The van der Waals surface area contributed by atoms with E-state index in [0.717, 1.165) is 35.0 Å². The maximum atomic E-state index is 14.0. The average Bonchev–Trinajstić information content (AvgIpc) is 3.24. The Bertz CT molecular complexity index is 850. The van der Waals surface area contributed by atoms with Gasteiger partial charge in [0.25, 0.3) is 5.60 Å². The van der Waals surface area contributed by atoms with Gasteiger partial charge < -0.3 is 4.74 Å². The highest BCUT2D eigenvalue weighted by molar-refractivity contribution is 7.10. The summed E-state index contributed by atoms with van der Waals surface area (Å²) in [6.45, 7) is 0. The second kappa shape index (κ2) is 6.39. The van der Waals surface area contributed by atoms with Crippen LogP contribution in [0, 0.1) is 0 Å². The maximum Gasteiger partial charge on any atom is 0.461 e. The van der Waals surface area contributed by atoms with Crippen LogP contribution in [0.1, 0.15) is 9.75 Å². The van der Waals surface area contributed by atoms with Crippen LogP contribution in [0.4, 0.5) is 39.5 Å². The molecule has 0 amide bonds. The molecule has 13 heteroatoms. The average molecular weight is 454 g/mol. The zero-order valence-electron chi connectivity index (χ0n) is 13.1. The number of hydrogen-bond donors (Lipinski definition) is 0. The van der Waals surface area contributed by atoms with Gasteiger partial charge in [0.05, 0.1) is 15.8 Å². The summed E-state index contributed by atoms with van der Waals surface area (Å²) in [6, 6.07) is 3.61. The minimum absolute atomic E-state index is 0.287. The summed E-state index contributed by atoms with van der Waals surface area (Å²) in [7, 11) is 0. The van der Waals surface area contributed by atoms with E-state index in [-0.39, 0.29) is 11.3 Å². The van der Waals surface area contributed by atoms with Gasteiger partial charge in [-0.1, -0.05) is 12.1 Å². The van der Waals surface area contributed by atoms with E-state index >= 15 is 0 Å². The van der Waals surface area contributed by atoms with Gasteiger partial charge in [0.2, 0.25) is 0 Å². The number of alkyl halides is 9. The predicted molar refractivity (Wildman–Crippen MR) is 80.4 cm³/mol. The molecule has 2 nitrogen and oxygen atoms in total. The molecule has 0 bridgehead atoms. The Morgan fingerprint density at radius 3 is 1.71 bits per heavy atom.